The summed E-state index contributed by atoms with van der Waals surface area (Å²) in [7, 11) is 0. The number of nitrogens with one attached hydrogen (secondary N) is 1. The molecule has 2 nitrogen and oxygen atoms in total. The number of carbonyl (C=O) groups is 1. The zero-order valence-electron chi connectivity index (χ0n) is 10.2. The maximum Gasteiger partial charge on any atom is 0.217 e. The van der Waals surface area contributed by atoms with E-state index < -0.39 is 0 Å². The van der Waals surface area contributed by atoms with Crippen LogP contribution in [0.1, 0.15) is 65.2 Å². The van der Waals surface area contributed by atoms with E-state index in [-0.39, 0.29) is 5.91 Å². The monoisotopic (exact) mass is 211 g/mol. The average molecular weight is 211 g/mol. The van der Waals surface area contributed by atoms with Gasteiger partial charge in [-0.15, -0.1) is 0 Å². The summed E-state index contributed by atoms with van der Waals surface area (Å²) in [4.78, 5) is 11.0. The molecule has 0 heterocycles. The van der Waals surface area contributed by atoms with Crippen LogP contribution in [0.5, 0.6) is 0 Å². The Kier molecular flexibility index (Phi) is 5.74. The Morgan fingerprint density at radius 3 is 2.33 bits per heavy atom. The summed E-state index contributed by atoms with van der Waals surface area (Å²) in [6.45, 7) is 3.98. The molecular formula is C13H25NO. The van der Waals surface area contributed by atoms with E-state index in [0.717, 1.165) is 5.92 Å². The van der Waals surface area contributed by atoms with Gasteiger partial charge >= 0.3 is 0 Å². The van der Waals surface area contributed by atoms with Gasteiger partial charge in [0.1, 0.15) is 0 Å². The van der Waals surface area contributed by atoms with Gasteiger partial charge in [-0.3, -0.25) is 4.79 Å². The fourth-order valence-corrected chi connectivity index (χ4v) is 2.49. The molecule has 0 aromatic heterocycles. The molecule has 0 aliphatic heterocycles. The number of hydrogen-bond donors (Lipinski definition) is 1. The Labute approximate surface area is 93.8 Å². The van der Waals surface area contributed by atoms with Gasteiger partial charge in [0.2, 0.25) is 5.91 Å². The quantitative estimate of drug-likeness (QED) is 0.708. The van der Waals surface area contributed by atoms with E-state index >= 15 is 0 Å². The van der Waals surface area contributed by atoms with Crippen molar-refractivity contribution in [3.63, 3.8) is 0 Å². The van der Waals surface area contributed by atoms with Crippen molar-refractivity contribution in [1.82, 2.24) is 5.32 Å². The predicted molar refractivity (Wildman–Crippen MR) is 63.7 cm³/mol. The van der Waals surface area contributed by atoms with E-state index in [2.05, 4.69) is 12.2 Å². The van der Waals surface area contributed by atoms with Crippen LogP contribution in [0.2, 0.25) is 0 Å². The summed E-state index contributed by atoms with van der Waals surface area (Å²) >= 11 is 0. The molecule has 0 bridgehead atoms. The zero-order valence-corrected chi connectivity index (χ0v) is 10.2. The van der Waals surface area contributed by atoms with E-state index in [4.69, 9.17) is 0 Å². The molecule has 1 saturated carbocycles. The summed E-state index contributed by atoms with van der Waals surface area (Å²) in [6.07, 6.45) is 10.3. The summed E-state index contributed by atoms with van der Waals surface area (Å²) < 4.78 is 0. The topological polar surface area (TPSA) is 29.1 Å². The largest absolute Gasteiger partial charge is 0.354 e. The van der Waals surface area contributed by atoms with E-state index in [1.165, 1.54) is 51.4 Å². The van der Waals surface area contributed by atoms with Crippen molar-refractivity contribution < 1.29 is 4.79 Å². The minimum atomic E-state index is 0.130. The van der Waals surface area contributed by atoms with Crippen LogP contribution in [0.4, 0.5) is 0 Å². The van der Waals surface area contributed by atoms with Crippen LogP contribution in [-0.4, -0.2) is 11.9 Å². The number of amides is 1. The van der Waals surface area contributed by atoms with Crippen molar-refractivity contribution in [1.29, 1.82) is 0 Å². The molecule has 2 unspecified atom stereocenters. The molecule has 1 aliphatic rings. The Bertz CT molecular complexity index is 191. The summed E-state index contributed by atoms with van der Waals surface area (Å²) in [6, 6.07) is 0.438. The smallest absolute Gasteiger partial charge is 0.217 e. The highest BCUT2D eigenvalue weighted by atomic mass is 16.1. The first-order valence-corrected chi connectivity index (χ1v) is 6.45. The van der Waals surface area contributed by atoms with Gasteiger partial charge in [0, 0.05) is 13.0 Å². The Balaban J connectivity index is 2.33. The third-order valence-electron chi connectivity index (χ3n) is 3.41. The van der Waals surface area contributed by atoms with Gasteiger partial charge in [0.25, 0.3) is 0 Å². The van der Waals surface area contributed by atoms with Crippen molar-refractivity contribution in [2.75, 3.05) is 0 Å². The van der Waals surface area contributed by atoms with E-state index in [1.54, 1.807) is 6.92 Å². The molecule has 0 spiro atoms. The summed E-state index contributed by atoms with van der Waals surface area (Å²) in [5.74, 6) is 1.01. The highest BCUT2D eigenvalue weighted by molar-refractivity contribution is 5.73. The van der Waals surface area contributed by atoms with Gasteiger partial charge < -0.3 is 5.32 Å². The highest BCUT2D eigenvalue weighted by Gasteiger charge is 2.12. The van der Waals surface area contributed by atoms with Crippen LogP contribution in [0.25, 0.3) is 0 Å². The number of rotatable bonds is 1. The molecule has 15 heavy (non-hydrogen) atoms. The molecular weight excluding hydrogens is 186 g/mol. The number of hydrogen-bond acceptors (Lipinski definition) is 1. The Morgan fingerprint density at radius 2 is 1.60 bits per heavy atom. The fourth-order valence-electron chi connectivity index (χ4n) is 2.49. The molecule has 1 N–H and O–H groups in total. The molecule has 1 rings (SSSR count). The van der Waals surface area contributed by atoms with Crippen LogP contribution in [0, 0.1) is 5.92 Å². The minimum Gasteiger partial charge on any atom is -0.354 e. The van der Waals surface area contributed by atoms with Crippen LogP contribution in [0.3, 0.4) is 0 Å². The summed E-state index contributed by atoms with van der Waals surface area (Å²) in [5.41, 5.74) is 0. The first kappa shape index (κ1) is 12.5. The lowest BCUT2D eigenvalue weighted by atomic mass is 9.92. The molecule has 1 fully saturated rings. The third-order valence-corrected chi connectivity index (χ3v) is 3.41. The van der Waals surface area contributed by atoms with Crippen LogP contribution >= 0.6 is 0 Å². The molecule has 0 radical (unpaired) electrons. The lowest BCUT2D eigenvalue weighted by molar-refractivity contribution is -0.119. The second-order valence-electron chi connectivity index (χ2n) is 5.07. The Morgan fingerprint density at radius 1 is 1.00 bits per heavy atom. The van der Waals surface area contributed by atoms with Crippen LogP contribution < -0.4 is 5.32 Å². The maximum absolute atomic E-state index is 11.0. The molecule has 0 aromatic rings. The SMILES string of the molecule is CC(=O)NC1CCCCCC(C)CCC1. The second-order valence-corrected chi connectivity index (χ2v) is 5.07. The van der Waals surface area contributed by atoms with E-state index in [0.29, 0.717) is 6.04 Å². The molecule has 0 aromatic carbocycles. The molecule has 2 heteroatoms. The number of carbonyl (C=O) groups excluding carboxylic acids is 1. The van der Waals surface area contributed by atoms with Crippen molar-refractivity contribution in [3.05, 3.63) is 0 Å². The fraction of sp³-hybridized carbons (Fsp3) is 0.923. The van der Waals surface area contributed by atoms with Gasteiger partial charge in [-0.2, -0.15) is 0 Å². The third kappa shape index (κ3) is 5.81. The Hall–Kier alpha value is -0.530. The van der Waals surface area contributed by atoms with Crippen molar-refractivity contribution in [3.8, 4) is 0 Å². The van der Waals surface area contributed by atoms with Gasteiger partial charge in [-0.05, 0) is 18.8 Å². The lowest BCUT2D eigenvalue weighted by Gasteiger charge is -2.21. The van der Waals surface area contributed by atoms with E-state index in [1.807, 2.05) is 0 Å². The molecule has 1 amide bonds. The molecule has 88 valence electrons. The van der Waals surface area contributed by atoms with Gasteiger partial charge in [0.15, 0.2) is 0 Å². The highest BCUT2D eigenvalue weighted by Crippen LogP contribution is 2.21. The van der Waals surface area contributed by atoms with Crippen molar-refractivity contribution in [2.45, 2.75) is 71.3 Å². The average Bonchev–Trinajstić information content (AvgIpc) is 2.16. The lowest BCUT2D eigenvalue weighted by Crippen LogP contribution is -2.33. The first-order chi connectivity index (χ1) is 7.18. The minimum absolute atomic E-state index is 0.130. The van der Waals surface area contributed by atoms with Crippen LogP contribution in [-0.2, 0) is 4.79 Å². The molecule has 1 aliphatic carbocycles. The normalized spacial score (nSPS) is 29.5. The molecule has 2 atom stereocenters. The molecule has 0 saturated heterocycles. The van der Waals surface area contributed by atoms with Gasteiger partial charge in [0.05, 0.1) is 0 Å². The second kappa shape index (κ2) is 6.86. The van der Waals surface area contributed by atoms with Gasteiger partial charge in [-0.25, -0.2) is 0 Å². The van der Waals surface area contributed by atoms with Crippen molar-refractivity contribution in [2.24, 2.45) is 5.92 Å². The zero-order chi connectivity index (χ0) is 11.1. The van der Waals surface area contributed by atoms with Gasteiger partial charge in [-0.1, -0.05) is 45.4 Å². The predicted octanol–water partition coefficient (Wildman–Crippen LogP) is 3.26. The summed E-state index contributed by atoms with van der Waals surface area (Å²) in [5, 5.41) is 3.07. The first-order valence-electron chi connectivity index (χ1n) is 6.45. The van der Waals surface area contributed by atoms with Crippen LogP contribution in [0.15, 0.2) is 0 Å². The maximum atomic E-state index is 11.0. The van der Waals surface area contributed by atoms with Crippen molar-refractivity contribution >= 4 is 5.91 Å². The standard InChI is InChI=1S/C13H25NO/c1-11-7-4-3-5-9-13(10-6-8-11)14-12(2)15/h11,13H,3-10H2,1-2H3,(H,14,15). The van der Waals surface area contributed by atoms with E-state index in [9.17, 15) is 4.79 Å².